The molecule has 0 saturated carbocycles. The van der Waals surface area contributed by atoms with Crippen LogP contribution in [0.4, 0.5) is 5.69 Å². The van der Waals surface area contributed by atoms with E-state index in [-0.39, 0.29) is 5.69 Å². The average molecular weight is 281 g/mol. The number of hydrogen-bond acceptors (Lipinski definition) is 3. The van der Waals surface area contributed by atoms with E-state index in [0.717, 1.165) is 5.56 Å². The maximum absolute atomic E-state index is 10.5. The Bertz CT molecular complexity index is 645. The van der Waals surface area contributed by atoms with E-state index in [9.17, 15) is 15.2 Å². The van der Waals surface area contributed by atoms with E-state index in [1.807, 2.05) is 42.5 Å². The Balaban J connectivity index is 1.97. The normalized spacial score (nSPS) is 12.8. The van der Waals surface area contributed by atoms with Gasteiger partial charge in [0.2, 0.25) is 0 Å². The van der Waals surface area contributed by atoms with Gasteiger partial charge in [-0.15, -0.1) is 0 Å². The molecule has 0 amide bonds. The predicted molar refractivity (Wildman–Crippen MR) is 82.7 cm³/mol. The van der Waals surface area contributed by atoms with Gasteiger partial charge in [0.15, 0.2) is 0 Å². The summed E-state index contributed by atoms with van der Waals surface area (Å²) in [5.74, 6) is 0. The highest BCUT2D eigenvalue weighted by molar-refractivity contribution is 5.50. The number of aliphatic hydroxyl groups is 1. The Kier molecular flexibility index (Phi) is 5.01. The summed E-state index contributed by atoms with van der Waals surface area (Å²) in [6.07, 6.45) is 6.36. The fourth-order valence-electron chi connectivity index (χ4n) is 1.80. The van der Waals surface area contributed by atoms with Crippen LogP contribution in [0.2, 0.25) is 0 Å². The molecule has 0 saturated heterocycles. The number of benzene rings is 2. The molecule has 0 heterocycles. The summed E-state index contributed by atoms with van der Waals surface area (Å²) in [6, 6.07) is 15.7. The average Bonchev–Trinajstić information content (AvgIpc) is 2.52. The molecule has 0 aliphatic heterocycles. The molecule has 2 aromatic carbocycles. The molecule has 0 aromatic heterocycles. The second-order valence-corrected chi connectivity index (χ2v) is 4.45. The summed E-state index contributed by atoms with van der Waals surface area (Å²) >= 11 is 0. The van der Waals surface area contributed by atoms with E-state index in [1.165, 1.54) is 12.1 Å². The molecule has 106 valence electrons. The highest BCUT2D eigenvalue weighted by atomic mass is 16.6. The molecule has 0 aliphatic carbocycles. The standard InChI is InChI=1S/C17H15NO3/c19-17(15-10-12-16(13-11-15)18(20)21)9-5-4-8-14-6-2-1-3-7-14/h1-13,17,19H/b8-4+,9-5+. The van der Waals surface area contributed by atoms with E-state index in [4.69, 9.17) is 0 Å². The number of aliphatic hydroxyl groups excluding tert-OH is 1. The zero-order chi connectivity index (χ0) is 15.1. The first-order chi connectivity index (χ1) is 10.2. The van der Waals surface area contributed by atoms with Gasteiger partial charge in [0.05, 0.1) is 11.0 Å². The van der Waals surface area contributed by atoms with Gasteiger partial charge in [-0.25, -0.2) is 0 Å². The van der Waals surface area contributed by atoms with Crippen molar-refractivity contribution in [3.05, 3.63) is 94.1 Å². The Morgan fingerprint density at radius 3 is 2.29 bits per heavy atom. The minimum atomic E-state index is -0.786. The molecule has 4 heteroatoms. The van der Waals surface area contributed by atoms with Crippen LogP contribution in [-0.2, 0) is 0 Å². The van der Waals surface area contributed by atoms with Crippen LogP contribution in [-0.4, -0.2) is 10.0 Å². The molecule has 0 fully saturated rings. The summed E-state index contributed by atoms with van der Waals surface area (Å²) in [4.78, 5) is 10.1. The third-order valence-corrected chi connectivity index (χ3v) is 2.94. The van der Waals surface area contributed by atoms with Gasteiger partial charge < -0.3 is 5.11 Å². The van der Waals surface area contributed by atoms with Crippen molar-refractivity contribution in [2.24, 2.45) is 0 Å². The Morgan fingerprint density at radius 2 is 1.67 bits per heavy atom. The lowest BCUT2D eigenvalue weighted by Gasteiger charge is -2.04. The molecule has 2 aromatic rings. The summed E-state index contributed by atoms with van der Waals surface area (Å²) in [7, 11) is 0. The fourth-order valence-corrected chi connectivity index (χ4v) is 1.80. The molecular weight excluding hydrogens is 266 g/mol. The first kappa shape index (κ1) is 14.7. The van der Waals surface area contributed by atoms with Crippen molar-refractivity contribution < 1.29 is 10.0 Å². The van der Waals surface area contributed by atoms with Gasteiger partial charge in [0.1, 0.15) is 0 Å². The number of non-ortho nitro benzene ring substituents is 1. The van der Waals surface area contributed by atoms with Crippen LogP contribution in [0, 0.1) is 10.1 Å². The van der Waals surface area contributed by atoms with Crippen molar-refractivity contribution in [3.63, 3.8) is 0 Å². The molecule has 0 radical (unpaired) electrons. The molecular formula is C17H15NO3. The lowest BCUT2D eigenvalue weighted by atomic mass is 10.1. The van der Waals surface area contributed by atoms with Gasteiger partial charge in [0, 0.05) is 12.1 Å². The minimum Gasteiger partial charge on any atom is -0.384 e. The summed E-state index contributed by atoms with van der Waals surface area (Å²) in [6.45, 7) is 0. The topological polar surface area (TPSA) is 63.4 Å². The zero-order valence-electron chi connectivity index (χ0n) is 11.3. The van der Waals surface area contributed by atoms with Gasteiger partial charge in [-0.2, -0.15) is 0 Å². The number of hydrogen-bond donors (Lipinski definition) is 1. The number of nitrogens with zero attached hydrogens (tertiary/aromatic N) is 1. The van der Waals surface area contributed by atoms with Crippen LogP contribution in [0.3, 0.4) is 0 Å². The fraction of sp³-hybridized carbons (Fsp3) is 0.0588. The molecule has 0 spiro atoms. The minimum absolute atomic E-state index is 0.0129. The van der Waals surface area contributed by atoms with Crippen molar-refractivity contribution >= 4 is 11.8 Å². The van der Waals surface area contributed by atoms with Gasteiger partial charge in [0.25, 0.3) is 5.69 Å². The first-order valence-electron chi connectivity index (χ1n) is 6.49. The van der Waals surface area contributed by atoms with Gasteiger partial charge in [-0.05, 0) is 23.3 Å². The monoisotopic (exact) mass is 281 g/mol. The molecule has 2 rings (SSSR count). The van der Waals surface area contributed by atoms with Crippen molar-refractivity contribution in [2.45, 2.75) is 6.10 Å². The van der Waals surface area contributed by atoms with Crippen LogP contribution in [0.5, 0.6) is 0 Å². The van der Waals surface area contributed by atoms with Crippen LogP contribution >= 0.6 is 0 Å². The van der Waals surface area contributed by atoms with E-state index < -0.39 is 11.0 Å². The SMILES string of the molecule is O=[N+]([O-])c1ccc(C(O)/C=C/C=C/c2ccccc2)cc1. The van der Waals surface area contributed by atoms with Crippen molar-refractivity contribution in [1.82, 2.24) is 0 Å². The smallest absolute Gasteiger partial charge is 0.269 e. The third-order valence-electron chi connectivity index (χ3n) is 2.94. The van der Waals surface area contributed by atoms with Crippen LogP contribution in [0.25, 0.3) is 6.08 Å². The lowest BCUT2D eigenvalue weighted by molar-refractivity contribution is -0.384. The van der Waals surface area contributed by atoms with Gasteiger partial charge in [-0.3, -0.25) is 10.1 Å². The predicted octanol–water partition coefficient (Wildman–Crippen LogP) is 3.90. The van der Waals surface area contributed by atoms with Crippen molar-refractivity contribution in [2.75, 3.05) is 0 Å². The quantitative estimate of drug-likeness (QED) is 0.513. The maximum atomic E-state index is 10.5. The van der Waals surface area contributed by atoms with E-state index in [0.29, 0.717) is 5.56 Å². The van der Waals surface area contributed by atoms with Crippen LogP contribution < -0.4 is 0 Å². The van der Waals surface area contributed by atoms with Crippen molar-refractivity contribution in [3.8, 4) is 0 Å². The van der Waals surface area contributed by atoms with Crippen molar-refractivity contribution in [1.29, 1.82) is 0 Å². The number of rotatable bonds is 5. The molecule has 21 heavy (non-hydrogen) atoms. The van der Waals surface area contributed by atoms with E-state index in [1.54, 1.807) is 24.3 Å². The van der Waals surface area contributed by atoms with Gasteiger partial charge >= 0.3 is 0 Å². The molecule has 1 atom stereocenters. The second-order valence-electron chi connectivity index (χ2n) is 4.45. The van der Waals surface area contributed by atoms with Crippen LogP contribution in [0.1, 0.15) is 17.2 Å². The van der Waals surface area contributed by atoms with Crippen LogP contribution in [0.15, 0.2) is 72.8 Å². The van der Waals surface area contributed by atoms with E-state index in [2.05, 4.69) is 0 Å². The first-order valence-corrected chi connectivity index (χ1v) is 6.49. The second kappa shape index (κ2) is 7.17. The molecule has 0 aliphatic rings. The summed E-state index contributed by atoms with van der Waals surface area (Å²) in [5.41, 5.74) is 1.70. The highest BCUT2D eigenvalue weighted by Crippen LogP contribution is 2.18. The summed E-state index contributed by atoms with van der Waals surface area (Å²) < 4.78 is 0. The van der Waals surface area contributed by atoms with E-state index >= 15 is 0 Å². The Morgan fingerprint density at radius 1 is 1.00 bits per heavy atom. The third kappa shape index (κ3) is 4.40. The maximum Gasteiger partial charge on any atom is 0.269 e. The zero-order valence-corrected chi connectivity index (χ0v) is 11.3. The molecule has 4 nitrogen and oxygen atoms in total. The largest absolute Gasteiger partial charge is 0.384 e. The molecule has 0 bridgehead atoms. The number of allylic oxidation sites excluding steroid dienone is 2. The highest BCUT2D eigenvalue weighted by Gasteiger charge is 2.07. The Labute approximate surface area is 122 Å². The molecule has 1 N–H and O–H groups in total. The number of nitro groups is 1. The Hall–Kier alpha value is -2.72. The summed E-state index contributed by atoms with van der Waals surface area (Å²) in [5, 5.41) is 20.5. The van der Waals surface area contributed by atoms with Gasteiger partial charge in [-0.1, -0.05) is 54.6 Å². The lowest BCUT2D eigenvalue weighted by Crippen LogP contribution is -1.94. The number of nitro benzene ring substituents is 1. The molecule has 1 unspecified atom stereocenters.